The van der Waals surface area contributed by atoms with Crippen molar-refractivity contribution in [3.63, 3.8) is 0 Å². The molecule has 1 aromatic rings. The summed E-state index contributed by atoms with van der Waals surface area (Å²) in [6, 6.07) is 7.78. The number of amides is 1. The topological polar surface area (TPSA) is 49.8 Å². The van der Waals surface area contributed by atoms with Gasteiger partial charge in [-0.1, -0.05) is 32.0 Å². The van der Waals surface area contributed by atoms with E-state index in [1.807, 2.05) is 31.2 Å². The lowest BCUT2D eigenvalue weighted by atomic mass is 10.0. The van der Waals surface area contributed by atoms with Crippen molar-refractivity contribution in [2.45, 2.75) is 39.7 Å². The van der Waals surface area contributed by atoms with E-state index in [2.05, 4.69) is 13.8 Å². The predicted molar refractivity (Wildman–Crippen MR) is 80.0 cm³/mol. The van der Waals surface area contributed by atoms with Gasteiger partial charge in [0.1, 0.15) is 5.75 Å². The number of ether oxygens (including phenoxy) is 1. The zero-order valence-electron chi connectivity index (χ0n) is 12.8. The molecule has 0 radical (unpaired) electrons. The highest BCUT2D eigenvalue weighted by Crippen LogP contribution is 2.26. The summed E-state index contributed by atoms with van der Waals surface area (Å²) in [5, 5.41) is 8.97. The summed E-state index contributed by atoms with van der Waals surface area (Å²) < 4.78 is 5.82. The molecule has 1 aromatic carbocycles. The second-order valence-electron chi connectivity index (χ2n) is 5.09. The van der Waals surface area contributed by atoms with Gasteiger partial charge in [0.2, 0.25) is 0 Å². The summed E-state index contributed by atoms with van der Waals surface area (Å²) in [4.78, 5) is 13.8. The fraction of sp³-hybridized carbons (Fsp3) is 0.562. The lowest BCUT2D eigenvalue weighted by Crippen LogP contribution is -2.41. The van der Waals surface area contributed by atoms with Crippen molar-refractivity contribution in [1.29, 1.82) is 0 Å². The summed E-state index contributed by atoms with van der Waals surface area (Å²) in [5.74, 6) is 0.997. The van der Waals surface area contributed by atoms with E-state index in [1.54, 1.807) is 11.8 Å². The van der Waals surface area contributed by atoms with Crippen LogP contribution in [0.5, 0.6) is 5.75 Å². The lowest BCUT2D eigenvalue weighted by molar-refractivity contribution is -0.138. The largest absolute Gasteiger partial charge is 0.481 e. The van der Waals surface area contributed by atoms with Crippen LogP contribution < -0.4 is 4.74 Å². The minimum Gasteiger partial charge on any atom is -0.481 e. The number of rotatable bonds is 7. The highest BCUT2D eigenvalue weighted by atomic mass is 16.5. The molecule has 1 rings (SSSR count). The van der Waals surface area contributed by atoms with Gasteiger partial charge in [0.25, 0.3) is 5.91 Å². The van der Waals surface area contributed by atoms with Crippen molar-refractivity contribution < 1.29 is 14.6 Å². The van der Waals surface area contributed by atoms with Crippen LogP contribution in [-0.4, -0.2) is 41.7 Å². The molecule has 0 aliphatic rings. The van der Waals surface area contributed by atoms with Crippen molar-refractivity contribution in [3.05, 3.63) is 29.8 Å². The molecule has 1 amide bonds. The van der Waals surface area contributed by atoms with Crippen LogP contribution in [0.1, 0.15) is 39.2 Å². The molecule has 1 N–H and O–H groups in total. The van der Waals surface area contributed by atoms with Gasteiger partial charge in [0.15, 0.2) is 6.10 Å². The Kier molecular flexibility index (Phi) is 6.52. The number of hydrogen-bond acceptors (Lipinski definition) is 3. The molecule has 4 heteroatoms. The second kappa shape index (κ2) is 7.90. The summed E-state index contributed by atoms with van der Waals surface area (Å²) in [5.41, 5.74) is 1.09. The van der Waals surface area contributed by atoms with Gasteiger partial charge in [-0.05, 0) is 31.4 Å². The van der Waals surface area contributed by atoms with Crippen LogP contribution in [0.2, 0.25) is 0 Å². The van der Waals surface area contributed by atoms with Gasteiger partial charge in [-0.15, -0.1) is 0 Å². The van der Waals surface area contributed by atoms with Crippen LogP contribution in [0.15, 0.2) is 24.3 Å². The maximum atomic E-state index is 12.2. The number of nitrogens with zero attached hydrogens (tertiary/aromatic N) is 1. The number of benzene rings is 1. The van der Waals surface area contributed by atoms with Crippen molar-refractivity contribution in [3.8, 4) is 5.75 Å². The van der Waals surface area contributed by atoms with Crippen LogP contribution in [0, 0.1) is 0 Å². The first-order valence-corrected chi connectivity index (χ1v) is 7.16. The number of para-hydroxylation sites is 1. The Bertz CT molecular complexity index is 431. The summed E-state index contributed by atoms with van der Waals surface area (Å²) in [6.45, 7) is 8.71. The molecule has 4 nitrogen and oxygen atoms in total. The van der Waals surface area contributed by atoms with Crippen LogP contribution in [0.4, 0.5) is 0 Å². The quantitative estimate of drug-likeness (QED) is 0.834. The molecule has 0 aliphatic heterocycles. The number of hydrogen-bond donors (Lipinski definition) is 1. The lowest BCUT2D eigenvalue weighted by Gasteiger charge is -2.25. The Morgan fingerprint density at radius 1 is 1.30 bits per heavy atom. The minimum atomic E-state index is -0.554. The fourth-order valence-corrected chi connectivity index (χ4v) is 2.11. The normalized spacial score (nSPS) is 12.3. The van der Waals surface area contributed by atoms with Crippen molar-refractivity contribution in [2.24, 2.45) is 0 Å². The average molecular weight is 279 g/mol. The number of carbonyl (C=O) groups excluding carboxylic acids is 1. The summed E-state index contributed by atoms with van der Waals surface area (Å²) in [6.07, 6.45) is -0.554. The van der Waals surface area contributed by atoms with Crippen LogP contribution >= 0.6 is 0 Å². The smallest absolute Gasteiger partial charge is 0.263 e. The zero-order valence-corrected chi connectivity index (χ0v) is 12.8. The Hall–Kier alpha value is -1.55. The van der Waals surface area contributed by atoms with E-state index in [0.717, 1.165) is 11.3 Å². The van der Waals surface area contributed by atoms with Crippen molar-refractivity contribution >= 4 is 5.91 Å². The molecule has 20 heavy (non-hydrogen) atoms. The van der Waals surface area contributed by atoms with E-state index < -0.39 is 6.10 Å². The van der Waals surface area contributed by atoms with E-state index in [9.17, 15) is 4.79 Å². The molecule has 0 aliphatic carbocycles. The van der Waals surface area contributed by atoms with Gasteiger partial charge in [-0.25, -0.2) is 0 Å². The number of carbonyl (C=O) groups is 1. The van der Waals surface area contributed by atoms with Crippen molar-refractivity contribution in [2.75, 3.05) is 19.7 Å². The molecule has 0 fully saturated rings. The Labute approximate surface area is 121 Å². The van der Waals surface area contributed by atoms with Gasteiger partial charge in [-0.2, -0.15) is 0 Å². The molecule has 0 bridgehead atoms. The maximum Gasteiger partial charge on any atom is 0.263 e. The van der Waals surface area contributed by atoms with E-state index in [0.29, 0.717) is 19.0 Å². The van der Waals surface area contributed by atoms with Gasteiger partial charge in [0, 0.05) is 13.1 Å². The molecule has 0 saturated carbocycles. The molecule has 112 valence electrons. The van der Waals surface area contributed by atoms with E-state index in [1.165, 1.54) is 0 Å². The third kappa shape index (κ3) is 4.23. The Morgan fingerprint density at radius 3 is 2.50 bits per heavy atom. The molecule has 0 aromatic heterocycles. The first-order valence-electron chi connectivity index (χ1n) is 7.16. The zero-order chi connectivity index (χ0) is 15.1. The molecule has 0 saturated heterocycles. The monoisotopic (exact) mass is 279 g/mol. The van der Waals surface area contributed by atoms with Crippen molar-refractivity contribution in [1.82, 2.24) is 4.90 Å². The molecule has 0 heterocycles. The summed E-state index contributed by atoms with van der Waals surface area (Å²) >= 11 is 0. The van der Waals surface area contributed by atoms with Gasteiger partial charge >= 0.3 is 0 Å². The van der Waals surface area contributed by atoms with Gasteiger partial charge in [0.05, 0.1) is 6.61 Å². The molecule has 0 spiro atoms. The summed E-state index contributed by atoms with van der Waals surface area (Å²) in [7, 11) is 0. The van der Waals surface area contributed by atoms with Crippen LogP contribution in [0.25, 0.3) is 0 Å². The highest BCUT2D eigenvalue weighted by Gasteiger charge is 2.21. The Balaban J connectivity index is 2.80. The first kappa shape index (κ1) is 16.5. The second-order valence-corrected chi connectivity index (χ2v) is 5.09. The SMILES string of the molecule is CCN(CCO)C(=O)C(C)Oc1ccccc1C(C)C. The highest BCUT2D eigenvalue weighted by molar-refractivity contribution is 5.80. The third-order valence-electron chi connectivity index (χ3n) is 3.26. The standard InChI is InChI=1S/C16H25NO3/c1-5-17(10-11-18)16(19)13(4)20-15-9-7-6-8-14(15)12(2)3/h6-9,12-13,18H,5,10-11H2,1-4H3. The van der Waals surface area contributed by atoms with E-state index in [4.69, 9.17) is 9.84 Å². The number of aliphatic hydroxyl groups excluding tert-OH is 1. The fourth-order valence-electron chi connectivity index (χ4n) is 2.11. The number of likely N-dealkylation sites (N-methyl/N-ethyl adjacent to an activating group) is 1. The van der Waals surface area contributed by atoms with E-state index >= 15 is 0 Å². The third-order valence-corrected chi connectivity index (χ3v) is 3.26. The van der Waals surface area contributed by atoms with Gasteiger partial charge < -0.3 is 14.7 Å². The van der Waals surface area contributed by atoms with Gasteiger partial charge in [-0.3, -0.25) is 4.79 Å². The first-order chi connectivity index (χ1) is 9.51. The van der Waals surface area contributed by atoms with E-state index in [-0.39, 0.29) is 12.5 Å². The minimum absolute atomic E-state index is 0.0329. The molecule has 1 unspecified atom stereocenters. The molecular weight excluding hydrogens is 254 g/mol. The maximum absolute atomic E-state index is 12.2. The molecular formula is C16H25NO3. The average Bonchev–Trinajstić information content (AvgIpc) is 2.44. The predicted octanol–water partition coefficient (Wildman–Crippen LogP) is 2.42. The Morgan fingerprint density at radius 2 is 1.95 bits per heavy atom. The van der Waals surface area contributed by atoms with Crippen LogP contribution in [0.3, 0.4) is 0 Å². The van der Waals surface area contributed by atoms with Crippen LogP contribution in [-0.2, 0) is 4.79 Å². The number of aliphatic hydroxyl groups is 1. The molecule has 1 atom stereocenters.